The van der Waals surface area contributed by atoms with Crippen LogP contribution in [0.2, 0.25) is 0 Å². The van der Waals surface area contributed by atoms with Gasteiger partial charge in [-0.15, -0.1) is 0 Å². The van der Waals surface area contributed by atoms with E-state index in [-0.39, 0.29) is 11.9 Å². The van der Waals surface area contributed by atoms with Gasteiger partial charge in [0.2, 0.25) is 5.91 Å². The normalized spacial score (nSPS) is 19.6. The Hall–Kier alpha value is -0.570. The van der Waals surface area contributed by atoms with Gasteiger partial charge in [0.1, 0.15) is 0 Å². The fraction of sp³-hybridized carbons (Fsp3) is 0.909. The van der Waals surface area contributed by atoms with Gasteiger partial charge in [-0.1, -0.05) is 12.8 Å². The topological polar surface area (TPSA) is 55.1 Å². The molecule has 1 aliphatic carbocycles. The van der Waals surface area contributed by atoms with Crippen LogP contribution in [0.15, 0.2) is 0 Å². The number of carbonyl (C=O) groups is 1. The van der Waals surface area contributed by atoms with Crippen molar-refractivity contribution in [2.45, 2.75) is 64.0 Å². The molecule has 1 atom stereocenters. The Labute approximate surface area is 86.4 Å². The van der Waals surface area contributed by atoms with Crippen molar-refractivity contribution in [1.29, 1.82) is 0 Å². The maximum atomic E-state index is 11.4. The molecule has 0 radical (unpaired) electrons. The molecule has 0 aliphatic heterocycles. The van der Waals surface area contributed by atoms with Crippen LogP contribution < -0.4 is 11.1 Å². The average molecular weight is 198 g/mol. The minimum absolute atomic E-state index is 0.206. The Kier molecular flexibility index (Phi) is 4.94. The molecule has 1 fully saturated rings. The molecule has 0 bridgehead atoms. The molecule has 14 heavy (non-hydrogen) atoms. The van der Waals surface area contributed by atoms with Crippen molar-refractivity contribution >= 4 is 5.91 Å². The smallest absolute Gasteiger partial charge is 0.220 e. The van der Waals surface area contributed by atoms with Crippen LogP contribution in [0.1, 0.15) is 51.9 Å². The number of amides is 1. The van der Waals surface area contributed by atoms with E-state index >= 15 is 0 Å². The van der Waals surface area contributed by atoms with Gasteiger partial charge in [-0.2, -0.15) is 0 Å². The zero-order valence-corrected chi connectivity index (χ0v) is 9.09. The van der Waals surface area contributed by atoms with Crippen LogP contribution in [0.5, 0.6) is 0 Å². The van der Waals surface area contributed by atoms with Crippen molar-refractivity contribution in [3.63, 3.8) is 0 Å². The lowest BCUT2D eigenvalue weighted by atomic mass is 10.1. The Balaban J connectivity index is 2.03. The molecule has 0 saturated heterocycles. The highest BCUT2D eigenvalue weighted by Gasteiger charge is 2.16. The summed E-state index contributed by atoms with van der Waals surface area (Å²) in [4.78, 5) is 11.4. The van der Waals surface area contributed by atoms with Crippen molar-refractivity contribution in [3.8, 4) is 0 Å². The number of hydrogen-bond acceptors (Lipinski definition) is 2. The van der Waals surface area contributed by atoms with E-state index in [0.29, 0.717) is 12.5 Å². The van der Waals surface area contributed by atoms with Crippen LogP contribution in [0.3, 0.4) is 0 Å². The van der Waals surface area contributed by atoms with Gasteiger partial charge in [-0.25, -0.2) is 0 Å². The van der Waals surface area contributed by atoms with E-state index < -0.39 is 0 Å². The third-order valence-electron chi connectivity index (χ3n) is 2.78. The summed E-state index contributed by atoms with van der Waals surface area (Å²) >= 11 is 0. The molecule has 1 amide bonds. The maximum absolute atomic E-state index is 11.4. The van der Waals surface area contributed by atoms with Gasteiger partial charge in [0.25, 0.3) is 0 Å². The monoisotopic (exact) mass is 198 g/mol. The van der Waals surface area contributed by atoms with E-state index in [2.05, 4.69) is 5.32 Å². The lowest BCUT2D eigenvalue weighted by Gasteiger charge is -2.11. The Morgan fingerprint density at radius 1 is 1.50 bits per heavy atom. The lowest BCUT2D eigenvalue weighted by Crippen LogP contribution is -2.32. The molecule has 3 N–H and O–H groups in total. The minimum Gasteiger partial charge on any atom is -0.353 e. The van der Waals surface area contributed by atoms with E-state index in [1.165, 1.54) is 25.7 Å². The van der Waals surface area contributed by atoms with Crippen LogP contribution in [0.25, 0.3) is 0 Å². The van der Waals surface area contributed by atoms with Crippen LogP contribution in [0.4, 0.5) is 0 Å². The van der Waals surface area contributed by atoms with Crippen LogP contribution in [-0.4, -0.2) is 18.0 Å². The van der Waals surface area contributed by atoms with E-state index in [0.717, 1.165) is 12.8 Å². The zero-order chi connectivity index (χ0) is 10.4. The predicted molar refractivity (Wildman–Crippen MR) is 57.9 cm³/mol. The molecule has 82 valence electrons. The highest BCUT2D eigenvalue weighted by atomic mass is 16.1. The van der Waals surface area contributed by atoms with Crippen molar-refractivity contribution in [1.82, 2.24) is 5.32 Å². The van der Waals surface area contributed by atoms with Gasteiger partial charge in [0.05, 0.1) is 0 Å². The molecule has 0 spiro atoms. The quantitative estimate of drug-likeness (QED) is 0.704. The molecule has 1 unspecified atom stereocenters. The molecule has 1 rings (SSSR count). The molecule has 1 saturated carbocycles. The van der Waals surface area contributed by atoms with E-state index in [9.17, 15) is 4.79 Å². The fourth-order valence-corrected chi connectivity index (χ4v) is 1.95. The molecule has 0 aromatic heterocycles. The summed E-state index contributed by atoms with van der Waals surface area (Å²) in [7, 11) is 0. The number of rotatable bonds is 5. The van der Waals surface area contributed by atoms with Crippen LogP contribution in [0, 0.1) is 0 Å². The number of carbonyl (C=O) groups excluding carboxylic acids is 1. The number of hydrogen-bond donors (Lipinski definition) is 2. The predicted octanol–water partition coefficient (Wildman–Crippen LogP) is 1.56. The first-order valence-corrected chi connectivity index (χ1v) is 5.73. The average Bonchev–Trinajstić information content (AvgIpc) is 2.56. The van der Waals surface area contributed by atoms with Gasteiger partial charge in [0, 0.05) is 18.5 Å². The van der Waals surface area contributed by atoms with Gasteiger partial charge in [0.15, 0.2) is 0 Å². The Bertz CT molecular complexity index is 174. The van der Waals surface area contributed by atoms with Gasteiger partial charge in [-0.05, 0) is 32.6 Å². The second-order valence-electron chi connectivity index (χ2n) is 4.42. The first-order chi connectivity index (χ1) is 6.68. The van der Waals surface area contributed by atoms with Crippen molar-refractivity contribution in [3.05, 3.63) is 0 Å². The molecule has 3 heteroatoms. The second-order valence-corrected chi connectivity index (χ2v) is 4.42. The van der Waals surface area contributed by atoms with Gasteiger partial charge < -0.3 is 11.1 Å². The van der Waals surface area contributed by atoms with E-state index in [4.69, 9.17) is 5.73 Å². The van der Waals surface area contributed by atoms with Crippen LogP contribution >= 0.6 is 0 Å². The lowest BCUT2D eigenvalue weighted by molar-refractivity contribution is -0.121. The zero-order valence-electron chi connectivity index (χ0n) is 9.09. The molecular weight excluding hydrogens is 176 g/mol. The Morgan fingerprint density at radius 3 is 2.71 bits per heavy atom. The molecule has 0 heterocycles. The third kappa shape index (κ3) is 4.61. The first-order valence-electron chi connectivity index (χ1n) is 5.73. The molecule has 3 nitrogen and oxygen atoms in total. The second kappa shape index (κ2) is 6.02. The van der Waals surface area contributed by atoms with Gasteiger partial charge in [-0.3, -0.25) is 4.79 Å². The Morgan fingerprint density at radius 2 is 2.14 bits per heavy atom. The number of nitrogens with one attached hydrogen (secondary N) is 1. The minimum atomic E-state index is 0.206. The van der Waals surface area contributed by atoms with Crippen LogP contribution in [-0.2, 0) is 4.79 Å². The van der Waals surface area contributed by atoms with Crippen molar-refractivity contribution in [2.24, 2.45) is 5.73 Å². The summed E-state index contributed by atoms with van der Waals surface area (Å²) in [5.74, 6) is 0.206. The molecule has 0 aromatic rings. The maximum Gasteiger partial charge on any atom is 0.220 e. The van der Waals surface area contributed by atoms with E-state index in [1.807, 2.05) is 6.92 Å². The number of nitrogens with two attached hydrogens (primary N) is 1. The van der Waals surface area contributed by atoms with Crippen molar-refractivity contribution in [2.75, 3.05) is 0 Å². The largest absolute Gasteiger partial charge is 0.353 e. The summed E-state index contributed by atoms with van der Waals surface area (Å²) in [6, 6.07) is 0.673. The summed E-state index contributed by atoms with van der Waals surface area (Å²) in [6.07, 6.45) is 7.36. The fourth-order valence-electron chi connectivity index (χ4n) is 1.95. The van der Waals surface area contributed by atoms with Gasteiger partial charge >= 0.3 is 0 Å². The summed E-state index contributed by atoms with van der Waals surface area (Å²) < 4.78 is 0. The standard InChI is InChI=1S/C11H22N2O/c1-9(12)5-4-8-11(14)13-10-6-2-3-7-10/h9-10H,2-8,12H2,1H3,(H,13,14). The SMILES string of the molecule is CC(N)CCCC(=O)NC1CCCC1. The summed E-state index contributed by atoms with van der Waals surface area (Å²) in [6.45, 7) is 1.98. The molecular formula is C11H22N2O. The highest BCUT2D eigenvalue weighted by Crippen LogP contribution is 2.17. The third-order valence-corrected chi connectivity index (χ3v) is 2.78. The molecule has 1 aliphatic rings. The molecule has 0 aromatic carbocycles. The first kappa shape index (κ1) is 11.5. The summed E-state index contributed by atoms with van der Waals surface area (Å²) in [5, 5.41) is 3.07. The summed E-state index contributed by atoms with van der Waals surface area (Å²) in [5.41, 5.74) is 5.61. The highest BCUT2D eigenvalue weighted by molar-refractivity contribution is 5.76. The van der Waals surface area contributed by atoms with E-state index in [1.54, 1.807) is 0 Å². The van der Waals surface area contributed by atoms with Crippen molar-refractivity contribution < 1.29 is 4.79 Å².